The summed E-state index contributed by atoms with van der Waals surface area (Å²) in [6.07, 6.45) is 14.0. The number of para-hydroxylation sites is 4. The molecule has 0 unspecified atom stereocenters. The van der Waals surface area contributed by atoms with E-state index in [1.165, 1.54) is 16.7 Å². The Kier molecular flexibility index (Phi) is 21.9. The second-order valence-electron chi connectivity index (χ2n) is 28.2. The number of nitrogens with zero attached hydrogens (tertiary/aromatic N) is 6. The van der Waals surface area contributed by atoms with Crippen LogP contribution in [0, 0.1) is 5.92 Å². The first-order valence-corrected chi connectivity index (χ1v) is 37.2. The van der Waals surface area contributed by atoms with Gasteiger partial charge in [0.15, 0.2) is 7.28 Å². The minimum Gasteiger partial charge on any atom is -0.496 e. The number of likely N-dealkylation sites (tertiary alicyclic amines) is 2. The fraction of sp³-hybridized carbons (Fsp3) is 0.225. The first kappa shape index (κ1) is 74.0. The van der Waals surface area contributed by atoms with Crippen LogP contribution in [0.3, 0.4) is 0 Å². The van der Waals surface area contributed by atoms with Gasteiger partial charge in [-0.05, 0) is 184 Å². The minimum absolute atomic E-state index is 0.0892. The van der Waals surface area contributed by atoms with Crippen LogP contribution in [-0.2, 0) is 30.9 Å². The molecule has 8 aromatic carbocycles. The summed E-state index contributed by atoms with van der Waals surface area (Å²) in [6.45, 7) is 7.77. The molecule has 10 heterocycles. The van der Waals surface area contributed by atoms with E-state index in [9.17, 15) is 9.90 Å². The summed E-state index contributed by atoms with van der Waals surface area (Å²) in [5, 5.41) is 20.7. The number of carbonyl (C=O) groups is 1. The maximum Gasteiger partial charge on any atom is 0.197 e. The Labute approximate surface area is 642 Å². The standard InChI is InChI=1S/C26H27BN3O3.C24H26N4O2.C20H18N2O2.C19H16N2O3/c1-32-24-11-18(15-30-8-6-17(7-9-30)13-27-16-31)10-20-21(14-29-26(28)25(20)24)23-12-19-4-2-3-5-22(19)33-23;1-29-22-11-15(14-28-8-6-17(25)7-9-28)10-18-19(13-27-24(26)23(18)22)21-12-16-4-2-3-5-20(16)30-21;1-3-12-8-14-15(11-22-20(21)19(14)18(9-12)23-2)17-10-13-6-4-5-7-16(13)24-17;1-23-17-7-11(10-22)6-13-14(9-21-19(20)18(13)17)16-8-12-4-2-3-5-15(12)24-16/h2-5,10-12,14,16-17H,6-9,13,15H2,1H3,(H2,28,29);2-5,10-13,17H,6-9,14,25H2,1H3,(H2,26,27);4-11H,3H2,1-2H3,(H2,21,22);2-9,22H,10H2,1H3,(H2,20,21). The Morgan fingerprint density at radius 3 is 1.04 bits per heavy atom. The zero-order chi connectivity index (χ0) is 76.8. The number of fused-ring (bicyclic) bond motifs is 8. The molecule has 0 amide bonds. The Morgan fingerprint density at radius 2 is 0.730 bits per heavy atom. The van der Waals surface area contributed by atoms with Crippen molar-refractivity contribution >= 4 is 124 Å². The molecule has 111 heavy (non-hydrogen) atoms. The average molecular weight is 1480 g/mol. The number of carbonyl (C=O) groups excluding carboxylic acids is 1. The number of rotatable bonds is 17. The molecule has 2 fully saturated rings. The van der Waals surface area contributed by atoms with Gasteiger partial charge in [-0.2, -0.15) is 0 Å². The van der Waals surface area contributed by atoms with Crippen molar-refractivity contribution in [3.05, 3.63) is 217 Å². The Morgan fingerprint density at radius 1 is 0.432 bits per heavy atom. The Balaban J connectivity index is 0.000000118. The van der Waals surface area contributed by atoms with E-state index in [1.54, 1.807) is 66.6 Å². The highest BCUT2D eigenvalue weighted by molar-refractivity contribution is 6.66. The molecule has 561 valence electrons. The van der Waals surface area contributed by atoms with Gasteiger partial charge in [0, 0.05) is 109 Å². The number of aryl methyl sites for hydroxylation is 1. The summed E-state index contributed by atoms with van der Waals surface area (Å²) in [7, 11) is 8.31. The van der Waals surface area contributed by atoms with Gasteiger partial charge in [0.05, 0.1) is 62.8 Å². The van der Waals surface area contributed by atoms with Gasteiger partial charge in [-0.1, -0.05) is 86.0 Å². The third kappa shape index (κ3) is 15.5. The van der Waals surface area contributed by atoms with Gasteiger partial charge < -0.3 is 75.2 Å². The molecule has 2 aliphatic rings. The molecular formula is C89H87BN11O10. The number of hydrogen-bond donors (Lipinski definition) is 6. The van der Waals surface area contributed by atoms with Crippen LogP contribution in [0.4, 0.5) is 23.3 Å². The monoisotopic (exact) mass is 1480 g/mol. The second kappa shape index (κ2) is 32.8. The van der Waals surface area contributed by atoms with E-state index in [0.29, 0.717) is 52.1 Å². The molecule has 0 bridgehead atoms. The SMILES string of the molecule is CCc1cc(OC)c2c(N)ncc(-c3cc4ccccc4o3)c2c1.COc1cc(CN2CCC(C[B]C=O)CC2)cc2c(-c3cc4ccccc4o3)cnc(N)c12.COc1cc(CN2CCC(N)CC2)cc2c(-c3cc4ccccc4o3)cnc(N)c12.COc1cc(CO)cc2c(-c3cc4ccccc4o3)cnc(N)c12. The lowest BCUT2D eigenvalue weighted by atomic mass is 9.69. The lowest BCUT2D eigenvalue weighted by Gasteiger charge is -2.32. The normalized spacial score (nSPS) is 13.6. The number of nitrogens with two attached hydrogens (primary N) is 5. The first-order valence-electron chi connectivity index (χ1n) is 37.2. The summed E-state index contributed by atoms with van der Waals surface area (Å²) in [4.78, 5) is 33.0. The molecule has 2 aliphatic heterocycles. The maximum absolute atomic E-state index is 10.6. The van der Waals surface area contributed by atoms with E-state index in [0.717, 1.165) is 228 Å². The van der Waals surface area contributed by atoms with E-state index >= 15 is 0 Å². The van der Waals surface area contributed by atoms with Crippen LogP contribution in [0.15, 0.2) is 212 Å². The van der Waals surface area contributed by atoms with Crippen LogP contribution in [0.5, 0.6) is 23.0 Å². The Hall–Kier alpha value is -12.5. The molecule has 0 atom stereocenters. The number of piperidine rings is 2. The molecule has 18 rings (SSSR count). The third-order valence-corrected chi connectivity index (χ3v) is 21.1. The molecule has 0 spiro atoms. The molecule has 1 radical (unpaired) electrons. The van der Waals surface area contributed by atoms with Gasteiger partial charge in [-0.15, -0.1) is 0 Å². The number of anilines is 4. The van der Waals surface area contributed by atoms with Crippen molar-refractivity contribution in [2.24, 2.45) is 11.7 Å². The Bertz CT molecular complexity index is 5770. The van der Waals surface area contributed by atoms with E-state index in [2.05, 4.69) is 67.0 Å². The molecule has 0 saturated carbocycles. The van der Waals surface area contributed by atoms with Crippen molar-refractivity contribution in [1.29, 1.82) is 0 Å². The van der Waals surface area contributed by atoms with Gasteiger partial charge in [0.1, 0.15) is 91.6 Å². The first-order chi connectivity index (χ1) is 54.2. The summed E-state index contributed by atoms with van der Waals surface area (Å²) in [6, 6.07) is 56.5. The average Bonchev–Trinajstić information content (AvgIpc) is 1.43. The minimum atomic E-state index is -0.0892. The van der Waals surface area contributed by atoms with E-state index in [1.807, 2.05) is 133 Å². The number of pyridine rings is 4. The van der Waals surface area contributed by atoms with Crippen LogP contribution in [-0.4, -0.2) is 109 Å². The van der Waals surface area contributed by atoms with Crippen molar-refractivity contribution in [3.8, 4) is 68.3 Å². The van der Waals surface area contributed by atoms with Crippen LogP contribution < -0.4 is 47.6 Å². The van der Waals surface area contributed by atoms with Gasteiger partial charge in [0.2, 0.25) is 0 Å². The van der Waals surface area contributed by atoms with Crippen LogP contribution in [0.1, 0.15) is 54.9 Å². The number of aliphatic hydroxyl groups is 1. The number of aliphatic hydroxyl groups excluding tert-OH is 1. The topological polar surface area (TPSA) is 315 Å². The smallest absolute Gasteiger partial charge is 0.197 e. The number of methoxy groups -OCH3 is 4. The fourth-order valence-electron chi connectivity index (χ4n) is 15.3. The maximum atomic E-state index is 10.6. The number of benzene rings is 8. The van der Waals surface area contributed by atoms with Crippen molar-refractivity contribution in [1.82, 2.24) is 29.7 Å². The summed E-state index contributed by atoms with van der Waals surface area (Å²) in [5.41, 5.74) is 42.0. The molecule has 16 aromatic rings. The summed E-state index contributed by atoms with van der Waals surface area (Å²) in [5.74, 6) is 8.15. The molecule has 0 aliphatic carbocycles. The predicted octanol–water partition coefficient (Wildman–Crippen LogP) is 17.5. The molecular weight excluding hydrogens is 1390 g/mol. The lowest BCUT2D eigenvalue weighted by molar-refractivity contribution is 0.185. The second-order valence-corrected chi connectivity index (χ2v) is 28.2. The highest BCUT2D eigenvalue weighted by atomic mass is 16.5. The van der Waals surface area contributed by atoms with E-state index in [4.69, 9.17) is 65.3 Å². The zero-order valence-corrected chi connectivity index (χ0v) is 62.7. The van der Waals surface area contributed by atoms with Crippen molar-refractivity contribution in [2.75, 3.05) is 77.6 Å². The zero-order valence-electron chi connectivity index (χ0n) is 62.7. The predicted molar refractivity (Wildman–Crippen MR) is 445 cm³/mol. The number of nitrogen functional groups attached to an aromatic ring is 4. The van der Waals surface area contributed by atoms with E-state index in [-0.39, 0.29) is 6.61 Å². The fourth-order valence-corrected chi connectivity index (χ4v) is 15.3. The summed E-state index contributed by atoms with van der Waals surface area (Å²) >= 11 is 0. The quantitative estimate of drug-likeness (QED) is 0.0364. The number of hydrogen-bond acceptors (Lipinski definition) is 21. The van der Waals surface area contributed by atoms with Crippen molar-refractivity contribution < 1.29 is 46.5 Å². The lowest BCUT2D eigenvalue weighted by Crippen LogP contribution is -2.39. The third-order valence-electron chi connectivity index (χ3n) is 21.1. The van der Waals surface area contributed by atoms with Crippen molar-refractivity contribution in [2.45, 2.75) is 71.1 Å². The molecule has 8 aromatic heterocycles. The van der Waals surface area contributed by atoms with Crippen molar-refractivity contribution in [3.63, 3.8) is 0 Å². The highest BCUT2D eigenvalue weighted by Crippen LogP contribution is 2.45. The molecule has 22 heteroatoms. The highest BCUT2D eigenvalue weighted by Gasteiger charge is 2.25. The van der Waals surface area contributed by atoms with Gasteiger partial charge in [-0.3, -0.25) is 9.80 Å². The van der Waals surface area contributed by atoms with E-state index < -0.39 is 0 Å². The molecule has 2 saturated heterocycles. The largest absolute Gasteiger partial charge is 0.496 e. The number of furan rings is 4. The molecule has 21 nitrogen and oxygen atoms in total. The number of ether oxygens (including phenoxy) is 4. The van der Waals surface area contributed by atoms with Crippen LogP contribution >= 0.6 is 0 Å². The van der Waals surface area contributed by atoms with Crippen LogP contribution in [0.25, 0.3) is 132 Å². The van der Waals surface area contributed by atoms with Crippen LogP contribution in [0.2, 0.25) is 6.32 Å². The molecule has 11 N–H and O–H groups in total. The van der Waals surface area contributed by atoms with Gasteiger partial charge in [0.25, 0.3) is 0 Å². The number of aromatic nitrogens is 4. The van der Waals surface area contributed by atoms with Gasteiger partial charge in [-0.25, -0.2) is 19.9 Å². The van der Waals surface area contributed by atoms with Gasteiger partial charge >= 0.3 is 0 Å². The summed E-state index contributed by atoms with van der Waals surface area (Å²) < 4.78 is 46.7.